The SMILES string of the molecule is Cc1nc2ccccn2c1C(=O)NNC(=O)c1ccccc1NC(=O)c1cccs1. The maximum atomic E-state index is 12.7. The Hall–Kier alpha value is -3.98. The number of anilines is 1. The molecule has 0 saturated heterocycles. The van der Waals surface area contributed by atoms with E-state index in [9.17, 15) is 14.4 Å². The number of rotatable bonds is 4. The fourth-order valence-electron chi connectivity index (χ4n) is 3.01. The van der Waals surface area contributed by atoms with E-state index in [1.807, 2.05) is 6.07 Å². The molecule has 9 heteroatoms. The third-order valence-corrected chi connectivity index (χ3v) is 5.24. The zero-order valence-electron chi connectivity index (χ0n) is 15.9. The summed E-state index contributed by atoms with van der Waals surface area (Å²) in [6, 6.07) is 15.4. The summed E-state index contributed by atoms with van der Waals surface area (Å²) in [5.41, 5.74) is 6.87. The topological polar surface area (TPSA) is 105 Å². The zero-order valence-corrected chi connectivity index (χ0v) is 16.7. The molecule has 8 nitrogen and oxygen atoms in total. The van der Waals surface area contributed by atoms with Gasteiger partial charge in [0.05, 0.1) is 21.8 Å². The number of fused-ring (bicyclic) bond motifs is 1. The molecule has 0 spiro atoms. The second-order valence-electron chi connectivity index (χ2n) is 6.36. The van der Waals surface area contributed by atoms with E-state index in [0.29, 0.717) is 27.6 Å². The number of hydrogen-bond acceptors (Lipinski definition) is 5. The van der Waals surface area contributed by atoms with Crippen molar-refractivity contribution < 1.29 is 14.4 Å². The number of benzene rings is 1. The molecule has 1 aromatic carbocycles. The van der Waals surface area contributed by atoms with Gasteiger partial charge in [-0.05, 0) is 42.6 Å². The van der Waals surface area contributed by atoms with E-state index in [-0.39, 0.29) is 11.5 Å². The highest BCUT2D eigenvalue weighted by Crippen LogP contribution is 2.18. The third kappa shape index (κ3) is 3.78. The van der Waals surface area contributed by atoms with Gasteiger partial charge in [-0.2, -0.15) is 0 Å². The number of carbonyl (C=O) groups excluding carboxylic acids is 3. The van der Waals surface area contributed by atoms with Crippen LogP contribution in [0, 0.1) is 6.92 Å². The van der Waals surface area contributed by atoms with Crippen LogP contribution in [0.3, 0.4) is 0 Å². The maximum Gasteiger partial charge on any atom is 0.288 e. The van der Waals surface area contributed by atoms with Crippen molar-refractivity contribution in [3.8, 4) is 0 Å². The average Bonchev–Trinajstić information content (AvgIpc) is 3.39. The summed E-state index contributed by atoms with van der Waals surface area (Å²) in [6.07, 6.45) is 1.72. The van der Waals surface area contributed by atoms with Gasteiger partial charge in [0.15, 0.2) is 0 Å². The Kier molecular flexibility index (Phi) is 5.27. The number of nitrogens with one attached hydrogen (secondary N) is 3. The number of thiophene rings is 1. The first-order valence-corrected chi connectivity index (χ1v) is 9.91. The quantitative estimate of drug-likeness (QED) is 0.442. The highest BCUT2D eigenvalue weighted by Gasteiger charge is 2.19. The van der Waals surface area contributed by atoms with Crippen LogP contribution in [0.5, 0.6) is 0 Å². The number of carbonyl (C=O) groups is 3. The molecule has 0 radical (unpaired) electrons. The average molecular weight is 419 g/mol. The summed E-state index contributed by atoms with van der Waals surface area (Å²) < 4.78 is 1.64. The second kappa shape index (κ2) is 8.18. The number of pyridine rings is 1. The molecule has 3 N–H and O–H groups in total. The van der Waals surface area contributed by atoms with Crippen molar-refractivity contribution in [1.29, 1.82) is 0 Å². The van der Waals surface area contributed by atoms with E-state index >= 15 is 0 Å². The van der Waals surface area contributed by atoms with E-state index in [1.54, 1.807) is 71.4 Å². The Balaban J connectivity index is 1.49. The normalized spacial score (nSPS) is 10.6. The van der Waals surface area contributed by atoms with Crippen LogP contribution in [0.25, 0.3) is 5.65 Å². The molecule has 4 aromatic rings. The van der Waals surface area contributed by atoms with Crippen LogP contribution < -0.4 is 16.2 Å². The fourth-order valence-corrected chi connectivity index (χ4v) is 3.63. The summed E-state index contributed by atoms with van der Waals surface area (Å²) >= 11 is 1.30. The largest absolute Gasteiger partial charge is 0.321 e. The summed E-state index contributed by atoms with van der Waals surface area (Å²) in [5, 5.41) is 4.52. The van der Waals surface area contributed by atoms with Crippen molar-refractivity contribution in [2.24, 2.45) is 0 Å². The monoisotopic (exact) mass is 419 g/mol. The first kappa shape index (κ1) is 19.3. The van der Waals surface area contributed by atoms with Gasteiger partial charge in [-0.1, -0.05) is 24.3 Å². The fraction of sp³-hybridized carbons (Fsp3) is 0.0476. The van der Waals surface area contributed by atoms with Crippen molar-refractivity contribution in [1.82, 2.24) is 20.2 Å². The van der Waals surface area contributed by atoms with Crippen LogP contribution in [-0.4, -0.2) is 27.1 Å². The van der Waals surface area contributed by atoms with Crippen LogP contribution >= 0.6 is 11.3 Å². The van der Waals surface area contributed by atoms with Gasteiger partial charge < -0.3 is 5.32 Å². The van der Waals surface area contributed by atoms with E-state index < -0.39 is 11.8 Å². The lowest BCUT2D eigenvalue weighted by Gasteiger charge is -2.12. The zero-order chi connectivity index (χ0) is 21.1. The Morgan fingerprint density at radius 1 is 0.900 bits per heavy atom. The molecule has 0 saturated carbocycles. The lowest BCUT2D eigenvalue weighted by atomic mass is 10.1. The van der Waals surface area contributed by atoms with E-state index in [4.69, 9.17) is 0 Å². The number of para-hydroxylation sites is 1. The molecular formula is C21H17N5O3S. The van der Waals surface area contributed by atoms with Gasteiger partial charge in [-0.15, -0.1) is 11.3 Å². The third-order valence-electron chi connectivity index (χ3n) is 4.37. The Morgan fingerprint density at radius 2 is 1.67 bits per heavy atom. The minimum absolute atomic E-state index is 0.220. The number of aromatic nitrogens is 2. The Labute approximate surface area is 175 Å². The van der Waals surface area contributed by atoms with Gasteiger partial charge in [0.25, 0.3) is 17.7 Å². The van der Waals surface area contributed by atoms with Crippen LogP contribution in [0.1, 0.15) is 36.2 Å². The number of amides is 3. The lowest BCUT2D eigenvalue weighted by Crippen LogP contribution is -2.42. The number of imidazole rings is 1. The minimum Gasteiger partial charge on any atom is -0.321 e. The molecule has 0 aliphatic rings. The van der Waals surface area contributed by atoms with Crippen molar-refractivity contribution in [2.75, 3.05) is 5.32 Å². The van der Waals surface area contributed by atoms with Crippen molar-refractivity contribution in [3.63, 3.8) is 0 Å². The minimum atomic E-state index is -0.558. The number of hydrazine groups is 1. The predicted molar refractivity (Wildman–Crippen MR) is 114 cm³/mol. The Morgan fingerprint density at radius 3 is 2.47 bits per heavy atom. The second-order valence-corrected chi connectivity index (χ2v) is 7.31. The lowest BCUT2D eigenvalue weighted by molar-refractivity contribution is 0.0843. The molecule has 0 unspecified atom stereocenters. The summed E-state index contributed by atoms with van der Waals surface area (Å²) in [5.74, 6) is -1.37. The number of aryl methyl sites for hydroxylation is 1. The van der Waals surface area contributed by atoms with Crippen molar-refractivity contribution in [2.45, 2.75) is 6.92 Å². The van der Waals surface area contributed by atoms with Gasteiger partial charge in [0, 0.05) is 6.20 Å². The van der Waals surface area contributed by atoms with Gasteiger partial charge in [0.2, 0.25) is 0 Å². The first-order chi connectivity index (χ1) is 14.5. The van der Waals surface area contributed by atoms with E-state index in [0.717, 1.165) is 0 Å². The maximum absolute atomic E-state index is 12.7. The smallest absolute Gasteiger partial charge is 0.288 e. The molecule has 3 heterocycles. The van der Waals surface area contributed by atoms with Gasteiger partial charge in [-0.3, -0.25) is 29.6 Å². The summed E-state index contributed by atoms with van der Waals surface area (Å²) in [7, 11) is 0. The molecule has 3 aromatic heterocycles. The Bertz CT molecular complexity index is 1250. The molecule has 0 atom stereocenters. The van der Waals surface area contributed by atoms with Crippen LogP contribution in [0.2, 0.25) is 0 Å². The molecule has 0 fully saturated rings. The highest BCUT2D eigenvalue weighted by molar-refractivity contribution is 7.12. The van der Waals surface area contributed by atoms with Crippen LogP contribution in [0.4, 0.5) is 5.69 Å². The number of hydrogen-bond donors (Lipinski definition) is 3. The molecule has 0 aliphatic carbocycles. The number of nitrogens with zero attached hydrogens (tertiary/aromatic N) is 2. The first-order valence-electron chi connectivity index (χ1n) is 9.03. The summed E-state index contributed by atoms with van der Waals surface area (Å²) in [6.45, 7) is 1.72. The predicted octanol–water partition coefficient (Wildman–Crippen LogP) is 3.03. The van der Waals surface area contributed by atoms with Crippen molar-refractivity contribution in [3.05, 3.63) is 88.0 Å². The summed E-state index contributed by atoms with van der Waals surface area (Å²) in [4.78, 5) is 42.5. The molecular weight excluding hydrogens is 402 g/mol. The molecule has 0 aliphatic heterocycles. The highest BCUT2D eigenvalue weighted by atomic mass is 32.1. The molecule has 4 rings (SSSR count). The van der Waals surface area contributed by atoms with Gasteiger partial charge in [0.1, 0.15) is 11.3 Å². The van der Waals surface area contributed by atoms with Crippen molar-refractivity contribution >= 4 is 40.4 Å². The molecule has 150 valence electrons. The molecule has 3 amide bonds. The van der Waals surface area contributed by atoms with E-state index in [2.05, 4.69) is 21.2 Å². The standard InChI is InChI=1S/C21H17N5O3S/c1-13-18(26-11-5-4-10-17(26)22-13)21(29)25-24-19(27)14-7-2-3-8-15(14)23-20(28)16-9-6-12-30-16/h2-12H,1H3,(H,23,28)(H,24,27)(H,25,29). The van der Waals surface area contributed by atoms with Gasteiger partial charge in [-0.25, -0.2) is 4.98 Å². The van der Waals surface area contributed by atoms with Gasteiger partial charge >= 0.3 is 0 Å². The molecule has 30 heavy (non-hydrogen) atoms. The van der Waals surface area contributed by atoms with Crippen LogP contribution in [-0.2, 0) is 0 Å². The van der Waals surface area contributed by atoms with Crippen LogP contribution in [0.15, 0.2) is 66.2 Å². The van der Waals surface area contributed by atoms with E-state index in [1.165, 1.54) is 11.3 Å². The molecule has 0 bridgehead atoms.